The lowest BCUT2D eigenvalue weighted by Gasteiger charge is -2.17. The second-order valence-electron chi connectivity index (χ2n) is 5.57. The van der Waals surface area contributed by atoms with Gasteiger partial charge in [0.1, 0.15) is 5.75 Å². The number of rotatable bonds is 6. The van der Waals surface area contributed by atoms with Gasteiger partial charge in [0.2, 0.25) is 0 Å². The summed E-state index contributed by atoms with van der Waals surface area (Å²) in [7, 11) is 0. The number of nitrogens with one attached hydrogen (secondary N) is 1. The second-order valence-corrected chi connectivity index (χ2v) is 5.57. The summed E-state index contributed by atoms with van der Waals surface area (Å²) in [5, 5.41) is 4.61. The van der Waals surface area contributed by atoms with Gasteiger partial charge in [-0.1, -0.05) is 30.3 Å². The number of benzene rings is 2. The van der Waals surface area contributed by atoms with Gasteiger partial charge in [0.15, 0.2) is 6.61 Å². The van der Waals surface area contributed by atoms with Crippen molar-refractivity contribution >= 4 is 22.5 Å². The Bertz CT molecular complexity index is 841. The van der Waals surface area contributed by atoms with Crippen LogP contribution in [0, 0.1) is 0 Å². The Labute approximate surface area is 140 Å². The highest BCUT2D eigenvalue weighted by atomic mass is 16.5. The first kappa shape index (κ1) is 15.8. The Morgan fingerprint density at radius 1 is 1.17 bits per heavy atom. The molecule has 0 radical (unpaired) electrons. The van der Waals surface area contributed by atoms with Crippen molar-refractivity contribution in [1.82, 2.24) is 4.98 Å². The molecule has 0 aliphatic heterocycles. The summed E-state index contributed by atoms with van der Waals surface area (Å²) >= 11 is 0. The second kappa shape index (κ2) is 7.00. The standard InChI is InChI=1S/C19H19N3O2/c1-13(14-6-8-15(9-7-14)24-12-19(20)23)22-18-10-11-21-17-5-3-2-4-16(17)18/h2-11,13H,12H2,1H3,(H2,20,23)(H,21,22). The third kappa shape index (κ3) is 3.63. The van der Waals surface area contributed by atoms with Gasteiger partial charge in [0, 0.05) is 23.3 Å². The van der Waals surface area contributed by atoms with Crippen molar-refractivity contribution < 1.29 is 9.53 Å². The lowest BCUT2D eigenvalue weighted by atomic mass is 10.1. The maximum atomic E-state index is 10.7. The minimum Gasteiger partial charge on any atom is -0.484 e. The Morgan fingerprint density at radius 2 is 1.92 bits per heavy atom. The number of fused-ring (bicyclic) bond motifs is 1. The van der Waals surface area contributed by atoms with Crippen LogP contribution in [-0.4, -0.2) is 17.5 Å². The summed E-state index contributed by atoms with van der Waals surface area (Å²) in [6.07, 6.45) is 1.80. The summed E-state index contributed by atoms with van der Waals surface area (Å²) in [6.45, 7) is 1.98. The van der Waals surface area contributed by atoms with Crippen LogP contribution in [0.1, 0.15) is 18.5 Å². The molecule has 0 fully saturated rings. The molecule has 1 atom stereocenters. The van der Waals surface area contributed by atoms with Crippen molar-refractivity contribution in [2.24, 2.45) is 5.73 Å². The van der Waals surface area contributed by atoms with E-state index >= 15 is 0 Å². The molecule has 1 unspecified atom stereocenters. The monoisotopic (exact) mass is 321 g/mol. The topological polar surface area (TPSA) is 77.2 Å². The van der Waals surface area contributed by atoms with Crippen molar-refractivity contribution in [1.29, 1.82) is 0 Å². The van der Waals surface area contributed by atoms with Gasteiger partial charge in [0.25, 0.3) is 5.91 Å². The number of carbonyl (C=O) groups excluding carboxylic acids is 1. The van der Waals surface area contributed by atoms with Crippen LogP contribution >= 0.6 is 0 Å². The molecule has 0 spiro atoms. The molecule has 0 bridgehead atoms. The summed E-state index contributed by atoms with van der Waals surface area (Å²) in [5.41, 5.74) is 8.19. The smallest absolute Gasteiger partial charge is 0.255 e. The van der Waals surface area contributed by atoms with E-state index in [1.165, 1.54) is 0 Å². The summed E-state index contributed by atoms with van der Waals surface area (Å²) in [4.78, 5) is 15.1. The predicted octanol–water partition coefficient (Wildman–Crippen LogP) is 3.27. The molecule has 0 saturated heterocycles. The molecule has 1 aromatic heterocycles. The zero-order valence-corrected chi connectivity index (χ0v) is 13.4. The molecule has 3 rings (SSSR count). The number of amides is 1. The van der Waals surface area contributed by atoms with Gasteiger partial charge >= 0.3 is 0 Å². The number of para-hydroxylation sites is 1. The van der Waals surface area contributed by atoms with Crippen LogP contribution in [0.15, 0.2) is 60.8 Å². The van der Waals surface area contributed by atoms with E-state index in [9.17, 15) is 4.79 Å². The molecule has 0 aliphatic rings. The number of hydrogen-bond acceptors (Lipinski definition) is 4. The van der Waals surface area contributed by atoms with Crippen LogP contribution in [-0.2, 0) is 4.79 Å². The lowest BCUT2D eigenvalue weighted by molar-refractivity contribution is -0.119. The van der Waals surface area contributed by atoms with Crippen molar-refractivity contribution in [2.75, 3.05) is 11.9 Å². The van der Waals surface area contributed by atoms with E-state index in [1.54, 1.807) is 6.20 Å². The zero-order valence-electron chi connectivity index (χ0n) is 13.4. The molecule has 1 amide bonds. The number of primary amides is 1. The quantitative estimate of drug-likeness (QED) is 0.730. The first-order valence-electron chi connectivity index (χ1n) is 7.75. The molecule has 24 heavy (non-hydrogen) atoms. The molecule has 0 saturated carbocycles. The molecule has 0 aliphatic carbocycles. The maximum Gasteiger partial charge on any atom is 0.255 e. The average molecular weight is 321 g/mol. The minimum atomic E-state index is -0.487. The van der Waals surface area contributed by atoms with Crippen LogP contribution in [0.25, 0.3) is 10.9 Å². The first-order valence-corrected chi connectivity index (χ1v) is 7.75. The van der Waals surface area contributed by atoms with Crippen molar-refractivity contribution in [3.05, 3.63) is 66.4 Å². The molecule has 5 nitrogen and oxygen atoms in total. The van der Waals surface area contributed by atoms with E-state index in [-0.39, 0.29) is 12.6 Å². The van der Waals surface area contributed by atoms with Crippen LogP contribution in [0.3, 0.4) is 0 Å². The van der Waals surface area contributed by atoms with Crippen LogP contribution in [0.5, 0.6) is 5.75 Å². The summed E-state index contributed by atoms with van der Waals surface area (Å²) < 4.78 is 5.27. The average Bonchev–Trinajstić information content (AvgIpc) is 2.60. The fraction of sp³-hybridized carbons (Fsp3) is 0.158. The van der Waals surface area contributed by atoms with Crippen molar-refractivity contribution in [3.63, 3.8) is 0 Å². The van der Waals surface area contributed by atoms with E-state index in [0.717, 1.165) is 22.2 Å². The van der Waals surface area contributed by atoms with Gasteiger partial charge in [-0.2, -0.15) is 0 Å². The van der Waals surface area contributed by atoms with E-state index in [1.807, 2.05) is 48.5 Å². The molecule has 2 aromatic carbocycles. The van der Waals surface area contributed by atoms with E-state index in [4.69, 9.17) is 10.5 Å². The van der Waals surface area contributed by atoms with Crippen LogP contribution in [0.2, 0.25) is 0 Å². The predicted molar refractivity (Wildman–Crippen MR) is 94.9 cm³/mol. The summed E-state index contributed by atoms with van der Waals surface area (Å²) in [6, 6.07) is 17.7. The number of anilines is 1. The van der Waals surface area contributed by atoms with E-state index < -0.39 is 5.91 Å². The van der Waals surface area contributed by atoms with Crippen LogP contribution in [0.4, 0.5) is 5.69 Å². The summed E-state index contributed by atoms with van der Waals surface area (Å²) in [5.74, 6) is 0.137. The highest BCUT2D eigenvalue weighted by Crippen LogP contribution is 2.26. The molecule has 1 heterocycles. The van der Waals surface area contributed by atoms with Gasteiger partial charge in [-0.3, -0.25) is 9.78 Å². The number of nitrogens with two attached hydrogens (primary N) is 1. The van der Waals surface area contributed by atoms with Gasteiger partial charge in [-0.15, -0.1) is 0 Å². The van der Waals surface area contributed by atoms with Crippen molar-refractivity contribution in [3.8, 4) is 5.75 Å². The van der Waals surface area contributed by atoms with Gasteiger partial charge < -0.3 is 15.8 Å². The van der Waals surface area contributed by atoms with E-state index in [2.05, 4.69) is 23.3 Å². The first-order chi connectivity index (χ1) is 11.6. The molecule has 3 N–H and O–H groups in total. The van der Waals surface area contributed by atoms with Gasteiger partial charge in [-0.05, 0) is 36.8 Å². The molecular formula is C19H19N3O2. The highest BCUT2D eigenvalue weighted by Gasteiger charge is 2.08. The molecule has 122 valence electrons. The normalized spacial score (nSPS) is 11.9. The number of carbonyl (C=O) groups is 1. The number of hydrogen-bond donors (Lipinski definition) is 2. The molecular weight excluding hydrogens is 302 g/mol. The third-order valence-corrected chi connectivity index (χ3v) is 3.78. The Hall–Kier alpha value is -3.08. The number of pyridine rings is 1. The number of aromatic nitrogens is 1. The zero-order chi connectivity index (χ0) is 16.9. The number of nitrogens with zero attached hydrogens (tertiary/aromatic N) is 1. The Morgan fingerprint density at radius 3 is 2.67 bits per heavy atom. The fourth-order valence-corrected chi connectivity index (χ4v) is 2.55. The lowest BCUT2D eigenvalue weighted by Crippen LogP contribution is -2.20. The molecule has 3 aromatic rings. The SMILES string of the molecule is CC(Nc1ccnc2ccccc12)c1ccc(OCC(N)=O)cc1. The largest absolute Gasteiger partial charge is 0.484 e. The van der Waals surface area contributed by atoms with Crippen LogP contribution < -0.4 is 15.8 Å². The minimum absolute atomic E-state index is 0.112. The maximum absolute atomic E-state index is 10.7. The van der Waals surface area contributed by atoms with Gasteiger partial charge in [-0.25, -0.2) is 0 Å². The van der Waals surface area contributed by atoms with Gasteiger partial charge in [0.05, 0.1) is 5.52 Å². The van der Waals surface area contributed by atoms with E-state index in [0.29, 0.717) is 5.75 Å². The number of ether oxygens (including phenoxy) is 1. The Kier molecular flexibility index (Phi) is 4.61. The third-order valence-electron chi connectivity index (χ3n) is 3.78. The Balaban J connectivity index is 1.74. The van der Waals surface area contributed by atoms with Crippen molar-refractivity contribution in [2.45, 2.75) is 13.0 Å². The fourth-order valence-electron chi connectivity index (χ4n) is 2.55. The highest BCUT2D eigenvalue weighted by molar-refractivity contribution is 5.91. The molecule has 5 heteroatoms.